The van der Waals surface area contributed by atoms with Gasteiger partial charge in [-0.05, 0) is 57.8 Å². The second kappa shape index (κ2) is 14.2. The molecule has 2 saturated carbocycles. The Bertz CT molecular complexity index is 1610. The molecule has 49 heavy (non-hydrogen) atoms. The molecule has 14 heteroatoms. The number of rotatable bonds is 10. The van der Waals surface area contributed by atoms with Crippen LogP contribution in [0.4, 0.5) is 23.1 Å². The number of hydrogen-bond donors (Lipinski definition) is 3. The molecule has 0 saturated heterocycles. The summed E-state index contributed by atoms with van der Waals surface area (Å²) in [6, 6.07) is 2.77. The summed E-state index contributed by atoms with van der Waals surface area (Å²) in [5.74, 6) is -0.265. The number of aromatic nitrogens is 2. The third kappa shape index (κ3) is 6.87. The number of carbonyl (C=O) groups excluding carboxylic acids is 3. The van der Waals surface area contributed by atoms with E-state index in [1.807, 2.05) is 25.9 Å². The van der Waals surface area contributed by atoms with Crippen LogP contribution < -0.4 is 25.2 Å². The van der Waals surface area contributed by atoms with Crippen LogP contribution in [0.2, 0.25) is 0 Å². The molecule has 3 heterocycles. The van der Waals surface area contributed by atoms with Crippen molar-refractivity contribution >= 4 is 46.9 Å². The first-order valence-electron chi connectivity index (χ1n) is 17.3. The maximum atomic E-state index is 13.8. The van der Waals surface area contributed by atoms with Crippen molar-refractivity contribution in [3.8, 4) is 5.75 Å². The summed E-state index contributed by atoms with van der Waals surface area (Å²) in [4.78, 5) is 66.1. The minimum absolute atomic E-state index is 0.0496. The molecule has 3 N–H and O–H groups in total. The molecule has 1 aromatic carbocycles. The summed E-state index contributed by atoms with van der Waals surface area (Å²) in [6.07, 6.45) is 7.26. The Morgan fingerprint density at radius 3 is 2.59 bits per heavy atom. The highest BCUT2D eigenvalue weighted by Gasteiger charge is 2.43. The molecule has 6 rings (SSSR count). The largest absolute Gasteiger partial charge is 0.491 e. The van der Waals surface area contributed by atoms with E-state index >= 15 is 0 Å². The smallest absolute Gasteiger partial charge is 0.303 e. The van der Waals surface area contributed by atoms with Crippen LogP contribution in [-0.2, 0) is 25.5 Å². The number of amides is 2. The average Bonchev–Trinajstić information content (AvgIpc) is 3.77. The molecule has 1 aromatic heterocycles. The van der Waals surface area contributed by atoms with Gasteiger partial charge in [0.25, 0.3) is 5.91 Å². The molecule has 2 amide bonds. The zero-order valence-electron chi connectivity index (χ0n) is 28.9. The molecule has 0 bridgehead atoms. The third-order valence-electron chi connectivity index (χ3n) is 10.5. The Balaban J connectivity index is 1.25. The van der Waals surface area contributed by atoms with Gasteiger partial charge in [-0.2, -0.15) is 4.98 Å². The van der Waals surface area contributed by atoms with Crippen molar-refractivity contribution in [1.29, 1.82) is 0 Å². The van der Waals surface area contributed by atoms with Crippen molar-refractivity contribution in [1.82, 2.24) is 20.2 Å². The lowest BCUT2D eigenvalue weighted by Gasteiger charge is -2.43. The Labute approximate surface area is 286 Å². The Morgan fingerprint density at radius 2 is 1.92 bits per heavy atom. The van der Waals surface area contributed by atoms with Crippen LogP contribution in [0.25, 0.3) is 0 Å². The maximum absolute atomic E-state index is 13.8. The van der Waals surface area contributed by atoms with Gasteiger partial charge in [0.1, 0.15) is 23.6 Å². The van der Waals surface area contributed by atoms with Crippen molar-refractivity contribution in [2.45, 2.75) is 102 Å². The van der Waals surface area contributed by atoms with Crippen LogP contribution in [0.1, 0.15) is 81.1 Å². The fraction of sp³-hybridized carbons (Fsp3) is 0.600. The third-order valence-corrected chi connectivity index (χ3v) is 10.5. The van der Waals surface area contributed by atoms with Gasteiger partial charge in [-0.3, -0.25) is 19.2 Å². The van der Waals surface area contributed by atoms with Crippen molar-refractivity contribution in [3.05, 3.63) is 29.5 Å². The quantitative estimate of drug-likeness (QED) is 0.314. The molecule has 264 valence electrons. The number of fused-ring (bicyclic) bond motifs is 2. The van der Waals surface area contributed by atoms with E-state index in [-0.39, 0.29) is 42.3 Å². The fourth-order valence-electron chi connectivity index (χ4n) is 8.22. The molecule has 0 unspecified atom stereocenters. The lowest BCUT2D eigenvalue weighted by Crippen LogP contribution is -2.55. The highest BCUT2D eigenvalue weighted by Crippen LogP contribution is 2.42. The van der Waals surface area contributed by atoms with Crippen LogP contribution in [0.15, 0.2) is 18.3 Å². The minimum Gasteiger partial charge on any atom is -0.491 e. The van der Waals surface area contributed by atoms with Crippen LogP contribution in [0, 0.1) is 5.92 Å². The number of likely N-dealkylation sites (N-methyl/N-ethyl adjacent to an activating group) is 1. The van der Waals surface area contributed by atoms with Crippen molar-refractivity contribution in [3.63, 3.8) is 0 Å². The number of benzene rings is 1. The van der Waals surface area contributed by atoms with Gasteiger partial charge in [0.15, 0.2) is 5.82 Å². The van der Waals surface area contributed by atoms with Gasteiger partial charge in [0.05, 0.1) is 24.5 Å². The second-order valence-corrected chi connectivity index (χ2v) is 13.8. The minimum atomic E-state index is -0.911. The van der Waals surface area contributed by atoms with E-state index in [9.17, 15) is 24.3 Å². The molecule has 0 radical (unpaired) electrons. The molecule has 0 spiro atoms. The number of ether oxygens (including phenoxy) is 2. The first-order valence-corrected chi connectivity index (χ1v) is 17.3. The lowest BCUT2D eigenvalue weighted by molar-refractivity contribution is -0.152. The van der Waals surface area contributed by atoms with E-state index in [4.69, 9.17) is 14.5 Å². The summed E-state index contributed by atoms with van der Waals surface area (Å²) in [5.41, 5.74) is 2.47. The maximum Gasteiger partial charge on any atom is 0.303 e. The predicted molar refractivity (Wildman–Crippen MR) is 182 cm³/mol. The highest BCUT2D eigenvalue weighted by molar-refractivity contribution is 6.04. The molecular formula is C35H47N7O7. The number of anilines is 4. The van der Waals surface area contributed by atoms with Gasteiger partial charge in [-0.25, -0.2) is 4.98 Å². The molecule has 2 fully saturated rings. The van der Waals surface area contributed by atoms with E-state index < -0.39 is 24.1 Å². The summed E-state index contributed by atoms with van der Waals surface area (Å²) in [6.45, 7) is 3.76. The first kappa shape index (κ1) is 34.4. The van der Waals surface area contributed by atoms with E-state index in [1.54, 1.807) is 30.3 Å². The molecule has 2 aliphatic carbocycles. The number of esters is 1. The molecule has 4 aliphatic rings. The molecule has 2 aliphatic heterocycles. The van der Waals surface area contributed by atoms with E-state index in [0.717, 1.165) is 37.1 Å². The van der Waals surface area contributed by atoms with Crippen LogP contribution in [-0.4, -0.2) is 102 Å². The monoisotopic (exact) mass is 677 g/mol. The van der Waals surface area contributed by atoms with Gasteiger partial charge >= 0.3 is 11.9 Å². The first-order chi connectivity index (χ1) is 23.5. The number of carbonyl (C=O) groups is 4. The number of carboxylic acids is 1. The summed E-state index contributed by atoms with van der Waals surface area (Å²) >= 11 is 0. The van der Waals surface area contributed by atoms with Crippen molar-refractivity contribution < 1.29 is 33.8 Å². The zero-order chi connectivity index (χ0) is 35.0. The predicted octanol–water partition coefficient (Wildman–Crippen LogP) is 3.50. The zero-order valence-corrected chi connectivity index (χ0v) is 28.9. The van der Waals surface area contributed by atoms with E-state index in [2.05, 4.69) is 20.5 Å². The summed E-state index contributed by atoms with van der Waals surface area (Å²) in [5, 5.41) is 16.0. The van der Waals surface area contributed by atoms with Crippen LogP contribution in [0.5, 0.6) is 5.75 Å². The number of hydrogen-bond acceptors (Lipinski definition) is 11. The molecular weight excluding hydrogens is 630 g/mol. The van der Waals surface area contributed by atoms with Gasteiger partial charge in [0.2, 0.25) is 11.9 Å². The average molecular weight is 678 g/mol. The lowest BCUT2D eigenvalue weighted by atomic mass is 9.77. The van der Waals surface area contributed by atoms with Gasteiger partial charge in [0, 0.05) is 56.4 Å². The van der Waals surface area contributed by atoms with Crippen LogP contribution >= 0.6 is 0 Å². The Kier molecular flexibility index (Phi) is 9.96. The molecule has 2 aromatic rings. The number of aliphatic carboxylic acids is 1. The SMILES string of the molecule is CC[C@@H]1C(=O)N(C)c2cnc(Nc3ccc(C(=O)N[C@@H]4C[C@H](CC(=O)O)[C@@H](N(C)C)C[C@H]4OC(C)=O)c4c3OCC4)nc2N1C1CCCC1. The van der Waals surface area contributed by atoms with Crippen molar-refractivity contribution in [2.24, 2.45) is 5.92 Å². The number of nitrogens with zero attached hydrogens (tertiary/aromatic N) is 5. The Hall–Kier alpha value is -4.46. The van der Waals surface area contributed by atoms with Gasteiger partial charge in [-0.1, -0.05) is 19.8 Å². The summed E-state index contributed by atoms with van der Waals surface area (Å²) in [7, 11) is 5.53. The van der Waals surface area contributed by atoms with E-state index in [0.29, 0.717) is 60.9 Å². The van der Waals surface area contributed by atoms with Crippen molar-refractivity contribution in [2.75, 3.05) is 42.9 Å². The topological polar surface area (TPSA) is 167 Å². The second-order valence-electron chi connectivity index (χ2n) is 13.8. The number of nitrogens with one attached hydrogen (secondary N) is 2. The standard InChI is InChI=1S/C35H47N7O7/c1-6-26-34(47)41(5)28-18-36-35(39-32(28)42(26)21-9-7-8-10-21)38-24-12-11-23(22-13-14-48-31(22)24)33(46)37-25-15-20(16-30(44)45)27(40(3)4)17-29(25)49-19(2)43/h11-12,18,20-21,25-27,29H,6-10,13-17H2,1-5H3,(H,37,46)(H,44,45)(H,36,38,39)/t20-,25-,26-,27+,29-/m1/s1. The van der Waals surface area contributed by atoms with Gasteiger partial charge in [-0.15, -0.1) is 0 Å². The number of carboxylic acid groups (broad SMARTS) is 1. The summed E-state index contributed by atoms with van der Waals surface area (Å²) < 4.78 is 11.7. The van der Waals surface area contributed by atoms with Gasteiger partial charge < -0.3 is 39.9 Å². The Morgan fingerprint density at radius 1 is 1.16 bits per heavy atom. The van der Waals surface area contributed by atoms with E-state index in [1.165, 1.54) is 6.92 Å². The fourth-order valence-corrected chi connectivity index (χ4v) is 8.22. The van der Waals surface area contributed by atoms with Crippen LogP contribution in [0.3, 0.4) is 0 Å². The molecule has 14 nitrogen and oxygen atoms in total. The normalized spacial score (nSPS) is 25.1. The highest BCUT2D eigenvalue weighted by atomic mass is 16.5. The molecule has 5 atom stereocenters.